The average Bonchev–Trinajstić information content (AvgIpc) is 3.24. The summed E-state index contributed by atoms with van der Waals surface area (Å²) in [6, 6.07) is 11.5. The van der Waals surface area contributed by atoms with Gasteiger partial charge in [-0.05, 0) is 62.7 Å². The Labute approximate surface area is 195 Å². The molecular formula is C23H24Cl2N4OS. The number of thiazole rings is 1. The summed E-state index contributed by atoms with van der Waals surface area (Å²) in [7, 11) is 0. The lowest BCUT2D eigenvalue weighted by atomic mass is 10.1. The Balaban J connectivity index is 1.62. The molecule has 4 aromatic rings. The molecule has 0 aliphatic heterocycles. The van der Waals surface area contributed by atoms with Crippen molar-refractivity contribution in [3.63, 3.8) is 0 Å². The van der Waals surface area contributed by atoms with Crippen molar-refractivity contribution >= 4 is 66.7 Å². The van der Waals surface area contributed by atoms with E-state index >= 15 is 0 Å². The second kappa shape index (κ2) is 9.57. The molecule has 2 aromatic carbocycles. The minimum atomic E-state index is -0.134. The van der Waals surface area contributed by atoms with Gasteiger partial charge in [0.05, 0.1) is 20.8 Å². The van der Waals surface area contributed by atoms with Crippen LogP contribution < -0.4 is 10.6 Å². The average molecular weight is 475 g/mol. The van der Waals surface area contributed by atoms with E-state index in [2.05, 4.69) is 22.5 Å². The zero-order chi connectivity index (χ0) is 22.0. The number of para-hydroxylation sites is 1. The third-order valence-electron chi connectivity index (χ3n) is 5.29. The van der Waals surface area contributed by atoms with Gasteiger partial charge in [0.1, 0.15) is 6.54 Å². The molecule has 0 unspecified atom stereocenters. The highest BCUT2D eigenvalue weighted by molar-refractivity contribution is 7.22. The smallest absolute Gasteiger partial charge is 0.246 e. The van der Waals surface area contributed by atoms with E-state index in [9.17, 15) is 4.79 Å². The predicted molar refractivity (Wildman–Crippen MR) is 132 cm³/mol. The molecule has 0 aliphatic carbocycles. The molecule has 0 fully saturated rings. The number of fused-ring (bicyclic) bond motifs is 2. The van der Waals surface area contributed by atoms with E-state index in [1.807, 2.05) is 41.8 Å². The summed E-state index contributed by atoms with van der Waals surface area (Å²) in [4.78, 5) is 17.4. The van der Waals surface area contributed by atoms with Crippen LogP contribution in [-0.2, 0) is 17.8 Å². The van der Waals surface area contributed by atoms with Crippen LogP contribution in [0.15, 0.2) is 36.4 Å². The highest BCUT2D eigenvalue weighted by Crippen LogP contribution is 2.35. The molecule has 0 saturated heterocycles. The minimum Gasteiger partial charge on any atom is -0.335 e. The Morgan fingerprint density at radius 1 is 1.19 bits per heavy atom. The number of nitrogens with zero attached hydrogens (tertiary/aromatic N) is 2. The highest BCUT2D eigenvalue weighted by Gasteiger charge is 2.19. The molecule has 2 aromatic heterocycles. The zero-order valence-corrected chi connectivity index (χ0v) is 19.8. The Morgan fingerprint density at radius 3 is 2.77 bits per heavy atom. The molecule has 0 spiro atoms. The number of hydrogen-bond donors (Lipinski definition) is 2. The van der Waals surface area contributed by atoms with Crippen LogP contribution in [0.25, 0.3) is 21.1 Å². The molecule has 0 bridgehead atoms. The fourth-order valence-electron chi connectivity index (χ4n) is 3.85. The molecule has 0 aliphatic rings. The second-order valence-corrected chi connectivity index (χ2v) is 9.34. The van der Waals surface area contributed by atoms with Crippen molar-refractivity contribution < 1.29 is 4.79 Å². The molecule has 5 nitrogen and oxygen atoms in total. The van der Waals surface area contributed by atoms with E-state index in [0.717, 1.165) is 58.3 Å². The van der Waals surface area contributed by atoms with Gasteiger partial charge in [0.2, 0.25) is 5.91 Å². The number of aromatic nitrogens is 2. The monoisotopic (exact) mass is 474 g/mol. The maximum absolute atomic E-state index is 12.9. The summed E-state index contributed by atoms with van der Waals surface area (Å²) in [5.41, 5.74) is 3.93. The van der Waals surface area contributed by atoms with E-state index in [4.69, 9.17) is 23.2 Å². The van der Waals surface area contributed by atoms with Gasteiger partial charge >= 0.3 is 0 Å². The fourth-order valence-corrected chi connectivity index (χ4v) is 5.33. The van der Waals surface area contributed by atoms with Gasteiger partial charge in [-0.1, -0.05) is 53.6 Å². The molecule has 1 amide bonds. The van der Waals surface area contributed by atoms with Crippen molar-refractivity contribution in [2.24, 2.45) is 0 Å². The van der Waals surface area contributed by atoms with Crippen molar-refractivity contribution in [3.8, 4) is 0 Å². The van der Waals surface area contributed by atoms with Crippen molar-refractivity contribution in [2.45, 2.75) is 33.2 Å². The van der Waals surface area contributed by atoms with Crippen LogP contribution in [0.5, 0.6) is 0 Å². The second-order valence-electron chi connectivity index (χ2n) is 7.47. The first-order valence-corrected chi connectivity index (χ1v) is 11.9. The lowest BCUT2D eigenvalue weighted by Gasteiger charge is -2.09. The molecule has 31 heavy (non-hydrogen) atoms. The van der Waals surface area contributed by atoms with Gasteiger partial charge in [-0.25, -0.2) is 4.98 Å². The summed E-state index contributed by atoms with van der Waals surface area (Å²) in [5, 5.41) is 9.11. The maximum atomic E-state index is 12.9. The van der Waals surface area contributed by atoms with Crippen LogP contribution in [0.3, 0.4) is 0 Å². The summed E-state index contributed by atoms with van der Waals surface area (Å²) < 4.78 is 3.03. The van der Waals surface area contributed by atoms with E-state index in [1.165, 1.54) is 11.3 Å². The van der Waals surface area contributed by atoms with Crippen LogP contribution in [0, 0.1) is 6.92 Å². The normalized spacial score (nSPS) is 11.5. The van der Waals surface area contributed by atoms with E-state index in [1.54, 1.807) is 6.07 Å². The predicted octanol–water partition coefficient (Wildman–Crippen LogP) is 6.05. The molecule has 0 saturated carbocycles. The number of anilines is 1. The Bertz CT molecular complexity index is 1210. The number of rotatable bonds is 8. The lowest BCUT2D eigenvalue weighted by molar-refractivity contribution is -0.116. The third kappa shape index (κ3) is 4.72. The van der Waals surface area contributed by atoms with Crippen LogP contribution in [0.2, 0.25) is 10.0 Å². The number of nitrogens with one attached hydrogen (secondary N) is 2. The van der Waals surface area contributed by atoms with Crippen molar-refractivity contribution in [1.82, 2.24) is 14.9 Å². The van der Waals surface area contributed by atoms with Gasteiger partial charge in [-0.15, -0.1) is 0 Å². The van der Waals surface area contributed by atoms with Crippen molar-refractivity contribution in [3.05, 3.63) is 57.7 Å². The molecule has 162 valence electrons. The number of carbonyl (C=O) groups excluding carboxylic acids is 1. The van der Waals surface area contributed by atoms with Gasteiger partial charge in [-0.3, -0.25) is 4.79 Å². The van der Waals surface area contributed by atoms with E-state index < -0.39 is 0 Å². The minimum absolute atomic E-state index is 0.134. The van der Waals surface area contributed by atoms with Crippen LogP contribution in [-0.4, -0.2) is 28.5 Å². The van der Waals surface area contributed by atoms with Gasteiger partial charge in [0, 0.05) is 16.1 Å². The van der Waals surface area contributed by atoms with E-state index in [-0.39, 0.29) is 12.5 Å². The number of amides is 1. The molecular weight excluding hydrogens is 451 g/mol. The third-order valence-corrected chi connectivity index (χ3v) is 6.76. The van der Waals surface area contributed by atoms with Crippen molar-refractivity contribution in [1.29, 1.82) is 0 Å². The standard InChI is InChI=1S/C23H24Cl2N4OS/c1-3-9-26-10-8-16-14(2)29(19-12-15(24)11-17(25)22(16)19)13-21(30)28-23-27-18-6-4-5-7-20(18)31-23/h4-7,11-12,26H,3,8-10,13H2,1-2H3,(H,27,28,30). The molecule has 2 N–H and O–H groups in total. The first-order valence-electron chi connectivity index (χ1n) is 10.3. The molecule has 2 heterocycles. The molecule has 8 heteroatoms. The van der Waals surface area contributed by atoms with Gasteiger partial charge in [0.25, 0.3) is 0 Å². The number of halogens is 2. The van der Waals surface area contributed by atoms with Crippen LogP contribution in [0.4, 0.5) is 5.13 Å². The summed E-state index contributed by atoms with van der Waals surface area (Å²) in [6.45, 7) is 6.17. The summed E-state index contributed by atoms with van der Waals surface area (Å²) in [5.74, 6) is -0.134. The van der Waals surface area contributed by atoms with Crippen molar-refractivity contribution in [2.75, 3.05) is 18.4 Å². The van der Waals surface area contributed by atoms with Crippen LogP contribution in [0.1, 0.15) is 24.6 Å². The fraction of sp³-hybridized carbons (Fsp3) is 0.304. The summed E-state index contributed by atoms with van der Waals surface area (Å²) >= 11 is 14.3. The Hall–Kier alpha value is -2.12. The van der Waals surface area contributed by atoms with Gasteiger partial charge in [-0.2, -0.15) is 0 Å². The Morgan fingerprint density at radius 2 is 2.00 bits per heavy atom. The van der Waals surface area contributed by atoms with Gasteiger partial charge in [0.15, 0.2) is 5.13 Å². The van der Waals surface area contributed by atoms with Crippen LogP contribution >= 0.6 is 34.5 Å². The first kappa shape index (κ1) is 22.1. The lowest BCUT2D eigenvalue weighted by Crippen LogP contribution is -2.20. The highest BCUT2D eigenvalue weighted by atomic mass is 35.5. The maximum Gasteiger partial charge on any atom is 0.246 e. The SMILES string of the molecule is CCCNCCc1c(C)n(CC(=O)Nc2nc3ccccc3s2)c2cc(Cl)cc(Cl)c12. The Kier molecular flexibility index (Phi) is 6.82. The molecule has 4 rings (SSSR count). The van der Waals surface area contributed by atoms with E-state index in [0.29, 0.717) is 15.2 Å². The molecule has 0 atom stereocenters. The molecule has 0 radical (unpaired) electrons. The zero-order valence-electron chi connectivity index (χ0n) is 17.5. The number of carbonyl (C=O) groups is 1. The quantitative estimate of drug-likeness (QED) is 0.305. The largest absolute Gasteiger partial charge is 0.335 e. The topological polar surface area (TPSA) is 59.0 Å². The first-order chi connectivity index (χ1) is 15.0. The van der Waals surface area contributed by atoms with Gasteiger partial charge < -0.3 is 15.2 Å². The number of benzene rings is 2. The summed E-state index contributed by atoms with van der Waals surface area (Å²) in [6.07, 6.45) is 1.92. The number of hydrogen-bond acceptors (Lipinski definition) is 4.